The minimum absolute atomic E-state index is 0.0330. The normalized spacial score (nSPS) is 25.7. The van der Waals surface area contributed by atoms with Crippen LogP contribution >= 0.6 is 34.7 Å². The zero-order valence-electron chi connectivity index (χ0n) is 11.2. The molecule has 1 aromatic rings. The van der Waals surface area contributed by atoms with Gasteiger partial charge in [0.05, 0.1) is 5.88 Å². The maximum Gasteiger partial charge on any atom is 0.252 e. The molecule has 0 aromatic carbocycles. The van der Waals surface area contributed by atoms with Gasteiger partial charge in [0.25, 0.3) is 10.0 Å². The summed E-state index contributed by atoms with van der Waals surface area (Å²) in [5.74, 6) is 1.23. The summed E-state index contributed by atoms with van der Waals surface area (Å²) in [5.41, 5.74) is 0.964. The molecule has 2 atom stereocenters. The monoisotopic (exact) mass is 339 g/mol. The minimum atomic E-state index is -3.38. The van der Waals surface area contributed by atoms with Gasteiger partial charge in [-0.15, -0.1) is 22.9 Å². The summed E-state index contributed by atoms with van der Waals surface area (Å²) in [5, 5.41) is 0.331. The lowest BCUT2D eigenvalue weighted by atomic mass is 10.2. The Hall–Kier alpha value is 0.250. The maximum absolute atomic E-state index is 12.7. The van der Waals surface area contributed by atoms with E-state index in [9.17, 15) is 8.42 Å². The first-order valence-electron chi connectivity index (χ1n) is 6.16. The molecule has 0 spiro atoms. The quantitative estimate of drug-likeness (QED) is 0.793. The Morgan fingerprint density at radius 1 is 1.47 bits per heavy atom. The summed E-state index contributed by atoms with van der Waals surface area (Å²) in [6, 6.07) is 1.78. The van der Waals surface area contributed by atoms with Crippen LogP contribution in [0.4, 0.5) is 0 Å². The van der Waals surface area contributed by atoms with Gasteiger partial charge in [-0.05, 0) is 25.5 Å². The Morgan fingerprint density at radius 3 is 2.74 bits per heavy atom. The van der Waals surface area contributed by atoms with Crippen LogP contribution in [0.5, 0.6) is 0 Å². The number of alkyl halides is 1. The summed E-state index contributed by atoms with van der Waals surface area (Å²) in [4.78, 5) is 0.937. The predicted octanol–water partition coefficient (Wildman–Crippen LogP) is 3.31. The molecular weight excluding hydrogens is 322 g/mol. The van der Waals surface area contributed by atoms with Crippen molar-refractivity contribution in [3.8, 4) is 0 Å². The maximum atomic E-state index is 12.7. The van der Waals surface area contributed by atoms with Gasteiger partial charge in [0.15, 0.2) is 0 Å². The number of thioether (sulfide) groups is 1. The number of hydrogen-bond acceptors (Lipinski definition) is 4. The number of hydrogen-bond donors (Lipinski definition) is 0. The Morgan fingerprint density at radius 2 is 2.16 bits per heavy atom. The molecule has 1 aromatic heterocycles. The van der Waals surface area contributed by atoms with Crippen molar-refractivity contribution in [3.05, 3.63) is 16.5 Å². The van der Waals surface area contributed by atoms with E-state index in [1.54, 1.807) is 10.4 Å². The number of rotatable bonds is 3. The second kappa shape index (κ2) is 5.93. The highest BCUT2D eigenvalue weighted by Gasteiger charge is 2.35. The van der Waals surface area contributed by atoms with Crippen molar-refractivity contribution in [1.29, 1.82) is 0 Å². The standard InChI is InChI=1S/C12H18ClNO2S3/c1-8-6-12(18-11(8)7-13)19(15,16)14-4-5-17-10(3)9(14)2/h6,9-10H,4-5,7H2,1-3H3. The summed E-state index contributed by atoms with van der Waals surface area (Å²) >= 11 is 8.96. The number of halogens is 1. The van der Waals surface area contributed by atoms with E-state index in [1.165, 1.54) is 11.3 Å². The topological polar surface area (TPSA) is 37.4 Å². The van der Waals surface area contributed by atoms with Crippen molar-refractivity contribution in [2.24, 2.45) is 0 Å². The first-order chi connectivity index (χ1) is 8.87. The zero-order chi connectivity index (χ0) is 14.2. The molecule has 0 amide bonds. The molecule has 2 rings (SSSR count). The lowest BCUT2D eigenvalue weighted by Crippen LogP contribution is -2.47. The summed E-state index contributed by atoms with van der Waals surface area (Å²) in [6.07, 6.45) is 0. The number of thiophene rings is 1. The zero-order valence-corrected chi connectivity index (χ0v) is 14.4. The fourth-order valence-electron chi connectivity index (χ4n) is 2.11. The van der Waals surface area contributed by atoms with Gasteiger partial charge in [-0.1, -0.05) is 6.92 Å². The van der Waals surface area contributed by atoms with E-state index in [4.69, 9.17) is 11.6 Å². The summed E-state index contributed by atoms with van der Waals surface area (Å²) < 4.78 is 27.5. The number of sulfonamides is 1. The van der Waals surface area contributed by atoms with Crippen molar-refractivity contribution in [3.63, 3.8) is 0 Å². The first kappa shape index (κ1) is 15.6. The van der Waals surface area contributed by atoms with Crippen molar-refractivity contribution >= 4 is 44.7 Å². The van der Waals surface area contributed by atoms with Crippen LogP contribution in [0.15, 0.2) is 10.3 Å². The molecular formula is C12H18ClNO2S3. The molecule has 0 N–H and O–H groups in total. The van der Waals surface area contributed by atoms with E-state index in [2.05, 4.69) is 6.92 Å². The third kappa shape index (κ3) is 2.97. The lowest BCUT2D eigenvalue weighted by molar-refractivity contribution is 0.341. The van der Waals surface area contributed by atoms with Gasteiger partial charge in [-0.2, -0.15) is 16.1 Å². The summed E-state index contributed by atoms with van der Waals surface area (Å²) in [6.45, 7) is 6.56. The fraction of sp³-hybridized carbons (Fsp3) is 0.667. The Balaban J connectivity index is 2.35. The fourth-order valence-corrected chi connectivity index (χ4v) is 7.05. The van der Waals surface area contributed by atoms with Gasteiger partial charge in [0, 0.05) is 28.5 Å². The number of aryl methyl sites for hydroxylation is 1. The molecule has 2 heterocycles. The van der Waals surface area contributed by atoms with E-state index >= 15 is 0 Å². The largest absolute Gasteiger partial charge is 0.252 e. The Labute approximate surface area is 128 Å². The molecule has 0 bridgehead atoms. The molecule has 0 saturated carbocycles. The highest BCUT2D eigenvalue weighted by Crippen LogP contribution is 2.34. The summed E-state index contributed by atoms with van der Waals surface area (Å²) in [7, 11) is -3.38. The second-order valence-corrected chi connectivity index (χ2v) is 9.74. The van der Waals surface area contributed by atoms with Crippen LogP contribution in [0.2, 0.25) is 0 Å². The molecule has 1 fully saturated rings. The molecule has 19 heavy (non-hydrogen) atoms. The van der Waals surface area contributed by atoms with Crippen molar-refractivity contribution in [1.82, 2.24) is 4.31 Å². The average molecular weight is 340 g/mol. The predicted molar refractivity (Wildman–Crippen MR) is 83.9 cm³/mol. The molecule has 1 aliphatic rings. The molecule has 7 heteroatoms. The molecule has 108 valence electrons. The first-order valence-corrected chi connectivity index (χ1v) is 10.0. The molecule has 0 radical (unpaired) electrons. The Kier molecular flexibility index (Phi) is 4.88. The number of nitrogens with zero attached hydrogens (tertiary/aromatic N) is 1. The third-order valence-electron chi connectivity index (χ3n) is 3.51. The van der Waals surface area contributed by atoms with E-state index in [-0.39, 0.29) is 6.04 Å². The van der Waals surface area contributed by atoms with E-state index in [1.807, 2.05) is 25.6 Å². The van der Waals surface area contributed by atoms with Crippen LogP contribution in [0.1, 0.15) is 24.3 Å². The SMILES string of the molecule is Cc1cc(S(=O)(=O)N2CCSC(C)C2C)sc1CCl. The Bertz CT molecular complexity index is 555. The highest BCUT2D eigenvalue weighted by molar-refractivity contribution is 8.00. The van der Waals surface area contributed by atoms with Gasteiger partial charge < -0.3 is 0 Å². The van der Waals surface area contributed by atoms with Crippen LogP contribution < -0.4 is 0 Å². The van der Waals surface area contributed by atoms with Crippen LogP contribution in [-0.2, 0) is 15.9 Å². The third-order valence-corrected chi connectivity index (χ3v) is 8.94. The molecule has 1 saturated heterocycles. The van der Waals surface area contributed by atoms with Crippen LogP contribution in [0.3, 0.4) is 0 Å². The minimum Gasteiger partial charge on any atom is -0.206 e. The van der Waals surface area contributed by atoms with Crippen LogP contribution in [0.25, 0.3) is 0 Å². The van der Waals surface area contributed by atoms with Crippen molar-refractivity contribution in [2.45, 2.75) is 42.2 Å². The van der Waals surface area contributed by atoms with Crippen molar-refractivity contribution in [2.75, 3.05) is 12.3 Å². The van der Waals surface area contributed by atoms with Gasteiger partial charge in [-0.25, -0.2) is 8.42 Å². The van der Waals surface area contributed by atoms with E-state index in [0.717, 1.165) is 16.2 Å². The van der Waals surface area contributed by atoms with Gasteiger partial charge >= 0.3 is 0 Å². The molecule has 1 aliphatic heterocycles. The molecule has 2 unspecified atom stereocenters. The highest BCUT2D eigenvalue weighted by atomic mass is 35.5. The van der Waals surface area contributed by atoms with Gasteiger partial charge in [0.2, 0.25) is 0 Å². The molecule has 0 aliphatic carbocycles. The second-order valence-electron chi connectivity index (χ2n) is 4.74. The van der Waals surface area contributed by atoms with E-state index < -0.39 is 10.0 Å². The van der Waals surface area contributed by atoms with E-state index in [0.29, 0.717) is 21.9 Å². The van der Waals surface area contributed by atoms with Crippen molar-refractivity contribution < 1.29 is 8.42 Å². The molecule has 3 nitrogen and oxygen atoms in total. The van der Waals surface area contributed by atoms with Crippen LogP contribution in [0, 0.1) is 6.92 Å². The lowest BCUT2D eigenvalue weighted by Gasteiger charge is -2.35. The van der Waals surface area contributed by atoms with Gasteiger partial charge in [0.1, 0.15) is 4.21 Å². The average Bonchev–Trinajstić information content (AvgIpc) is 2.74. The smallest absolute Gasteiger partial charge is 0.206 e. The van der Waals surface area contributed by atoms with Gasteiger partial charge in [-0.3, -0.25) is 0 Å². The van der Waals surface area contributed by atoms with Crippen LogP contribution in [-0.4, -0.2) is 36.3 Å².